The van der Waals surface area contributed by atoms with E-state index in [1.807, 2.05) is 0 Å². The number of rotatable bonds is 5. The summed E-state index contributed by atoms with van der Waals surface area (Å²) in [5, 5.41) is -1.09. The molecule has 1 unspecified atom stereocenters. The van der Waals surface area contributed by atoms with Gasteiger partial charge in [-0.2, -0.15) is 0 Å². The van der Waals surface area contributed by atoms with E-state index < -0.39 is 376 Å². The van der Waals surface area contributed by atoms with Gasteiger partial charge in [-0.05, 0) is 126 Å². The van der Waals surface area contributed by atoms with E-state index in [0.717, 1.165) is 0 Å². The number of furan rings is 1. The van der Waals surface area contributed by atoms with Crippen LogP contribution in [0.3, 0.4) is 0 Å². The van der Waals surface area contributed by atoms with E-state index in [1.54, 1.807) is 0 Å². The molecule has 11 aromatic rings. The highest BCUT2D eigenvalue weighted by atomic mass is 16.3. The molecule has 0 bridgehead atoms. The van der Waals surface area contributed by atoms with Crippen molar-refractivity contribution in [1.82, 2.24) is 0 Å². The van der Waals surface area contributed by atoms with Crippen molar-refractivity contribution >= 4 is 39.0 Å². The number of para-hydroxylation sites is 1. The van der Waals surface area contributed by atoms with Crippen LogP contribution in [0.2, 0.25) is 0 Å². The number of benzene rings is 10. The third kappa shape index (κ3) is 4.96. The van der Waals surface area contributed by atoms with Gasteiger partial charge in [-0.15, -0.1) is 0 Å². The van der Waals surface area contributed by atoms with Crippen molar-refractivity contribution in [3.8, 4) is 55.6 Å². The lowest BCUT2D eigenvalue weighted by Gasteiger charge is -2.33. The SMILES string of the molecule is [2H]c1c([2H])c([2H])c(-c2c([2H])c([2H])c3c(c2[2H])C2(c4c([2H])c([2H])c([2H])c([2H])c4-3)c3c([2H])c([2H])c([2H])c([2H])c3-c3c(N(c4c([2H])c([2H])c(-c5c([2H])c([2H])c6c(oc7c([2H])c([2H])c([2H])c([2H])c76)c5[2H])c([2H])c4[2H])c4c([2H])c([2H])c([2H])c5c4-c4c([2H])c([2H])c([2H])c([2H])c4C5(C([2H])([2H])[2H])C([2H])([2H])[2H])c([2H])c([2H])c([2H])c32)c([2H])c1[2H]. The zero-order chi connectivity index (χ0) is 80.9. The zero-order valence-electron chi connectivity index (χ0n) is 75.9. The first kappa shape index (κ1) is 14.4. The lowest BCUT2D eigenvalue weighted by atomic mass is 9.70. The highest BCUT2D eigenvalue weighted by molar-refractivity contribution is 6.07. The molecule has 2 nitrogen and oxygen atoms in total. The normalized spacial score (nSPS) is 25.2. The fourth-order valence-corrected chi connectivity index (χ4v) is 9.07. The molecule has 0 aliphatic heterocycles. The van der Waals surface area contributed by atoms with Gasteiger partial charge in [-0.1, -0.05) is 189 Å². The Labute approximate surface area is 445 Å². The fraction of sp³-hybridized carbons (Fsp3) is 0.0625. The second kappa shape index (κ2) is 13.7. The highest BCUT2D eigenvalue weighted by Crippen LogP contribution is 2.65. The molecular weight excluding hydrogens is 799 g/mol. The minimum Gasteiger partial charge on any atom is -0.456 e. The molecule has 0 N–H and O–H groups in total. The van der Waals surface area contributed by atoms with Crippen molar-refractivity contribution in [1.29, 1.82) is 0 Å². The summed E-state index contributed by atoms with van der Waals surface area (Å²) in [5.74, 6) is 0. The molecule has 0 saturated carbocycles. The minimum absolute atomic E-state index is 0.162. The number of hydrogen-bond donors (Lipinski definition) is 0. The molecule has 1 spiro atoms. The van der Waals surface area contributed by atoms with E-state index >= 15 is 0 Å². The van der Waals surface area contributed by atoms with Gasteiger partial charge in [0.25, 0.3) is 0 Å². The summed E-state index contributed by atoms with van der Waals surface area (Å²) in [6, 6.07) is -46.5. The van der Waals surface area contributed by atoms with Crippen LogP contribution >= 0.6 is 0 Å². The molecule has 0 fully saturated rings. The summed E-state index contributed by atoms with van der Waals surface area (Å²) in [5.41, 5.74) is -31.5. The first-order valence-electron chi connectivity index (χ1n) is 41.1. The van der Waals surface area contributed by atoms with Crippen LogP contribution in [-0.2, 0) is 10.8 Å². The van der Waals surface area contributed by atoms with E-state index in [9.17, 15) is 42.5 Å². The largest absolute Gasteiger partial charge is 0.456 e. The molecule has 66 heavy (non-hydrogen) atoms. The quantitative estimate of drug-likeness (QED) is 0.171. The van der Waals surface area contributed by atoms with E-state index in [1.165, 1.54) is 0 Å². The summed E-state index contributed by atoms with van der Waals surface area (Å²) in [7, 11) is 0. The van der Waals surface area contributed by atoms with Crippen molar-refractivity contribution in [3.63, 3.8) is 0 Å². The second-order valence-electron chi connectivity index (χ2n) is 15.0. The van der Waals surface area contributed by atoms with Crippen LogP contribution in [0.25, 0.3) is 77.6 Å². The van der Waals surface area contributed by atoms with Gasteiger partial charge >= 0.3 is 0 Å². The first-order chi connectivity index (χ1) is 50.4. The summed E-state index contributed by atoms with van der Waals surface area (Å²) in [6.45, 7) is -8.43. The predicted octanol–water partition coefficient (Wildman–Crippen LogP) is 17.0. The monoisotopic (exact) mass is 885 g/mol. The summed E-state index contributed by atoms with van der Waals surface area (Å²) in [6.07, 6.45) is 0. The Morgan fingerprint density at radius 3 is 1.68 bits per heavy atom. The number of hydrogen-bond acceptors (Lipinski definition) is 2. The molecule has 10 aromatic carbocycles. The van der Waals surface area contributed by atoms with E-state index in [-0.39, 0.29) is 4.90 Å². The van der Waals surface area contributed by atoms with E-state index in [0.29, 0.717) is 0 Å². The Morgan fingerprint density at radius 2 is 0.909 bits per heavy atom. The molecule has 3 aliphatic carbocycles. The smallest absolute Gasteiger partial charge is 0.136 e. The summed E-state index contributed by atoms with van der Waals surface area (Å²) >= 11 is 0. The maximum absolute atomic E-state index is 10.5. The van der Waals surface area contributed by atoms with Crippen LogP contribution in [0.4, 0.5) is 17.1 Å². The van der Waals surface area contributed by atoms with Crippen LogP contribution in [0.15, 0.2) is 228 Å². The highest BCUT2D eigenvalue weighted by Gasteiger charge is 2.52. The lowest BCUT2D eigenvalue weighted by Crippen LogP contribution is -2.26. The molecule has 3 aliphatic rings. The Hall–Kier alpha value is -8.20. The minimum atomic E-state index is -4.22. The average Bonchev–Trinajstić information content (AvgIpc) is 1.48. The van der Waals surface area contributed by atoms with Gasteiger partial charge in [0.15, 0.2) is 0 Å². The van der Waals surface area contributed by atoms with Crippen molar-refractivity contribution in [3.05, 3.63) is 257 Å². The first-order valence-corrected chi connectivity index (χ1v) is 19.6. The standard InChI is InChI=1S/C64H43NO/c1-63(2)51-22-10-7-20-49(51)61-54(63)25-14-27-57(61)65(44-34-30-41(31-35-44)43-33-37-48-47-19-9-13-29-59(47)66-60(48)39-43)58-28-15-26-55-62(58)50-21-8-12-24-53(50)64(55)52-23-11-6-18-45(52)46-36-32-42(38-56(46)64)40-16-4-3-5-17-40/h3-39H,1-2H3/i1D3,2D3,3D,4D,5D,6D,7D,8D,9D,10D,11D,12D,13D,14D,15D,16D,17D,18D,19D,20D,21D,22D,23D,24D,25D,26D,27D,28D,29D,30D,31D,32D,33D,34D,35D,36D,37D,38D,39D. The van der Waals surface area contributed by atoms with Crippen molar-refractivity contribution in [2.75, 3.05) is 4.90 Å². The van der Waals surface area contributed by atoms with Gasteiger partial charge < -0.3 is 9.32 Å². The van der Waals surface area contributed by atoms with Crippen LogP contribution in [0.1, 0.15) is 106 Å². The molecule has 1 aromatic heterocycles. The number of fused-ring (bicyclic) bond motifs is 16. The van der Waals surface area contributed by atoms with Gasteiger partial charge in [-0.3, -0.25) is 0 Å². The Bertz CT molecular complexity index is 6170. The van der Waals surface area contributed by atoms with Gasteiger partial charge in [0.1, 0.15) is 11.2 Å². The van der Waals surface area contributed by atoms with Crippen molar-refractivity contribution in [2.45, 2.75) is 24.5 Å². The van der Waals surface area contributed by atoms with Gasteiger partial charge in [0, 0.05) is 41.2 Å². The average molecular weight is 885 g/mol. The molecule has 0 amide bonds. The maximum Gasteiger partial charge on any atom is 0.136 e. The van der Waals surface area contributed by atoms with E-state index in [2.05, 4.69) is 0 Å². The zero-order valence-corrected chi connectivity index (χ0v) is 32.9. The molecule has 310 valence electrons. The van der Waals surface area contributed by atoms with Crippen molar-refractivity contribution in [2.24, 2.45) is 0 Å². The third-order valence-electron chi connectivity index (χ3n) is 11.8. The van der Waals surface area contributed by atoms with Crippen LogP contribution in [0.5, 0.6) is 0 Å². The van der Waals surface area contributed by atoms with E-state index in [4.69, 9.17) is 20.9 Å². The predicted molar refractivity (Wildman–Crippen MR) is 273 cm³/mol. The molecule has 0 radical (unpaired) electrons. The second-order valence-corrected chi connectivity index (χ2v) is 15.0. The Kier molecular flexibility index (Phi) is 2.98. The number of anilines is 3. The Balaban J connectivity index is 1.28. The third-order valence-corrected chi connectivity index (χ3v) is 11.8. The van der Waals surface area contributed by atoms with Crippen LogP contribution < -0.4 is 4.90 Å². The Morgan fingerprint density at radius 1 is 0.379 bits per heavy atom. The maximum atomic E-state index is 10.5. The molecule has 0 saturated heterocycles. The molecule has 2 heteroatoms. The lowest BCUT2D eigenvalue weighted by molar-refractivity contribution is 0.660. The van der Waals surface area contributed by atoms with Gasteiger partial charge in [0.05, 0.1) is 67.5 Å². The molecular formula is C64H43NO. The molecule has 1 heterocycles. The van der Waals surface area contributed by atoms with Crippen LogP contribution in [-0.4, -0.2) is 0 Å². The van der Waals surface area contributed by atoms with Crippen molar-refractivity contribution < 1.29 is 63.4 Å². The van der Waals surface area contributed by atoms with Crippen LogP contribution in [0, 0.1) is 0 Å². The topological polar surface area (TPSA) is 16.4 Å². The molecule has 1 atom stereocenters. The fourth-order valence-electron chi connectivity index (χ4n) is 9.07. The number of nitrogens with zero attached hydrogens (tertiary/aromatic N) is 1. The summed E-state index contributed by atoms with van der Waals surface area (Å²) in [4.78, 5) is 0.162. The molecule has 14 rings (SSSR count). The van der Waals surface area contributed by atoms with Gasteiger partial charge in [0.2, 0.25) is 0 Å². The summed E-state index contributed by atoms with van der Waals surface area (Å²) < 4.78 is 413. The van der Waals surface area contributed by atoms with Gasteiger partial charge in [-0.25, -0.2) is 0 Å².